The molecule has 0 aromatic carbocycles. The Bertz CT molecular complexity index is 426. The van der Waals surface area contributed by atoms with Gasteiger partial charge in [0, 0.05) is 13.0 Å². The summed E-state index contributed by atoms with van der Waals surface area (Å²) < 4.78 is 5.68. The van der Waals surface area contributed by atoms with Gasteiger partial charge in [0.25, 0.3) is 0 Å². The maximum atomic E-state index is 11.3. The summed E-state index contributed by atoms with van der Waals surface area (Å²) >= 11 is 0. The van der Waals surface area contributed by atoms with Crippen LogP contribution >= 0.6 is 0 Å². The number of rotatable bonds is 4. The fourth-order valence-electron chi connectivity index (χ4n) is 2.57. The first-order chi connectivity index (χ1) is 8.53. The van der Waals surface area contributed by atoms with E-state index in [0.29, 0.717) is 13.1 Å². The van der Waals surface area contributed by atoms with E-state index in [1.165, 1.54) is 0 Å². The lowest BCUT2D eigenvalue weighted by Gasteiger charge is -2.37. The maximum Gasteiger partial charge on any atom is 0.310 e. The van der Waals surface area contributed by atoms with Crippen molar-refractivity contribution in [1.82, 2.24) is 4.90 Å². The molecule has 1 fully saturated rings. The number of aryl methyl sites for hydroxylation is 1. The van der Waals surface area contributed by atoms with Crippen LogP contribution in [0.25, 0.3) is 0 Å². The molecule has 0 saturated carbocycles. The maximum absolute atomic E-state index is 11.3. The molecular formula is C14H21NO3. The molecule has 18 heavy (non-hydrogen) atoms. The summed E-state index contributed by atoms with van der Waals surface area (Å²) in [5, 5.41) is 9.27. The van der Waals surface area contributed by atoms with Crippen LogP contribution in [0.3, 0.4) is 0 Å². The van der Waals surface area contributed by atoms with E-state index in [2.05, 4.69) is 11.8 Å². The first kappa shape index (κ1) is 13.1. The zero-order valence-corrected chi connectivity index (χ0v) is 11.1. The third-order valence-electron chi connectivity index (χ3n) is 3.74. The van der Waals surface area contributed by atoms with Gasteiger partial charge in [-0.2, -0.15) is 0 Å². The van der Waals surface area contributed by atoms with Gasteiger partial charge in [-0.3, -0.25) is 9.69 Å². The van der Waals surface area contributed by atoms with Crippen LogP contribution < -0.4 is 0 Å². The molecule has 0 aliphatic carbocycles. The predicted octanol–water partition coefficient (Wildman–Crippen LogP) is 2.53. The first-order valence-electron chi connectivity index (χ1n) is 6.57. The summed E-state index contributed by atoms with van der Waals surface area (Å²) in [5.41, 5.74) is -0.613. The minimum absolute atomic E-state index is 0.602. The van der Waals surface area contributed by atoms with Gasteiger partial charge < -0.3 is 9.52 Å². The van der Waals surface area contributed by atoms with E-state index in [1.807, 2.05) is 19.1 Å². The molecule has 2 rings (SSSR count). The molecule has 1 aliphatic heterocycles. The normalized spacial score (nSPS) is 25.2. The lowest BCUT2D eigenvalue weighted by atomic mass is 9.82. The van der Waals surface area contributed by atoms with E-state index in [0.717, 1.165) is 37.3 Å². The average molecular weight is 251 g/mol. The number of aliphatic carboxylic acids is 1. The van der Waals surface area contributed by atoms with Crippen molar-refractivity contribution in [2.45, 2.75) is 39.7 Å². The highest BCUT2D eigenvalue weighted by Gasteiger charge is 2.37. The van der Waals surface area contributed by atoms with Crippen LogP contribution in [0.15, 0.2) is 16.5 Å². The lowest BCUT2D eigenvalue weighted by Crippen LogP contribution is -2.45. The molecule has 2 heterocycles. The molecule has 0 spiro atoms. The number of furan rings is 1. The Kier molecular flexibility index (Phi) is 3.76. The fourth-order valence-corrected chi connectivity index (χ4v) is 2.57. The van der Waals surface area contributed by atoms with E-state index < -0.39 is 11.4 Å². The number of piperidine rings is 1. The van der Waals surface area contributed by atoms with E-state index >= 15 is 0 Å². The molecule has 0 radical (unpaired) electrons. The third-order valence-corrected chi connectivity index (χ3v) is 3.74. The van der Waals surface area contributed by atoms with Crippen LogP contribution in [0.2, 0.25) is 0 Å². The second-order valence-corrected chi connectivity index (χ2v) is 5.40. The molecule has 1 saturated heterocycles. The number of hydrogen-bond donors (Lipinski definition) is 1. The summed E-state index contributed by atoms with van der Waals surface area (Å²) in [6.07, 6.45) is 2.59. The van der Waals surface area contributed by atoms with Crippen LogP contribution in [0.4, 0.5) is 0 Å². The van der Waals surface area contributed by atoms with Gasteiger partial charge in [0.1, 0.15) is 11.5 Å². The predicted molar refractivity (Wildman–Crippen MR) is 68.3 cm³/mol. The second kappa shape index (κ2) is 5.14. The van der Waals surface area contributed by atoms with Gasteiger partial charge in [-0.15, -0.1) is 0 Å². The third kappa shape index (κ3) is 2.75. The molecule has 0 bridgehead atoms. The smallest absolute Gasteiger partial charge is 0.310 e. The van der Waals surface area contributed by atoms with Gasteiger partial charge in [-0.1, -0.05) is 6.92 Å². The highest BCUT2D eigenvalue weighted by atomic mass is 16.4. The highest BCUT2D eigenvalue weighted by Crippen LogP contribution is 2.30. The first-order valence-corrected chi connectivity index (χ1v) is 6.57. The van der Waals surface area contributed by atoms with E-state index in [9.17, 15) is 9.90 Å². The topological polar surface area (TPSA) is 53.7 Å². The van der Waals surface area contributed by atoms with Crippen molar-refractivity contribution in [2.24, 2.45) is 5.41 Å². The van der Waals surface area contributed by atoms with Gasteiger partial charge in [-0.05, 0) is 38.4 Å². The van der Waals surface area contributed by atoms with E-state index in [1.54, 1.807) is 0 Å². The van der Waals surface area contributed by atoms with Crippen LogP contribution in [0.1, 0.15) is 38.2 Å². The fraction of sp³-hybridized carbons (Fsp3) is 0.643. The van der Waals surface area contributed by atoms with Crippen molar-refractivity contribution >= 4 is 5.97 Å². The van der Waals surface area contributed by atoms with Crippen LogP contribution in [0, 0.1) is 5.41 Å². The number of carboxylic acid groups (broad SMARTS) is 1. The molecule has 100 valence electrons. The van der Waals surface area contributed by atoms with Gasteiger partial charge in [-0.25, -0.2) is 0 Å². The van der Waals surface area contributed by atoms with Crippen molar-refractivity contribution in [3.8, 4) is 0 Å². The highest BCUT2D eigenvalue weighted by molar-refractivity contribution is 5.74. The molecule has 1 atom stereocenters. The molecule has 1 unspecified atom stereocenters. The Hall–Kier alpha value is -1.29. The molecule has 0 amide bonds. The molecular weight excluding hydrogens is 230 g/mol. The molecule has 1 aromatic heterocycles. The number of carbonyl (C=O) groups is 1. The Morgan fingerprint density at radius 1 is 1.50 bits per heavy atom. The zero-order valence-electron chi connectivity index (χ0n) is 11.1. The summed E-state index contributed by atoms with van der Waals surface area (Å²) in [6, 6.07) is 3.99. The standard InChI is InChI=1S/C14H21NO3/c1-3-11-5-6-12(18-11)9-15-8-4-7-14(2,10-15)13(16)17/h5-6H,3-4,7-10H2,1-2H3,(H,16,17). The van der Waals surface area contributed by atoms with Crippen molar-refractivity contribution in [3.63, 3.8) is 0 Å². The van der Waals surface area contributed by atoms with Crippen molar-refractivity contribution < 1.29 is 14.3 Å². The number of likely N-dealkylation sites (tertiary alicyclic amines) is 1. The van der Waals surface area contributed by atoms with Gasteiger partial charge in [0.2, 0.25) is 0 Å². The summed E-state index contributed by atoms with van der Waals surface area (Å²) in [6.45, 7) is 6.16. The molecule has 1 aliphatic rings. The Morgan fingerprint density at radius 3 is 2.83 bits per heavy atom. The number of nitrogens with zero attached hydrogens (tertiary/aromatic N) is 1. The van der Waals surface area contributed by atoms with Gasteiger partial charge in [0.15, 0.2) is 0 Å². The van der Waals surface area contributed by atoms with Crippen LogP contribution in [-0.4, -0.2) is 29.1 Å². The zero-order chi connectivity index (χ0) is 13.2. The summed E-state index contributed by atoms with van der Waals surface area (Å²) in [4.78, 5) is 13.5. The minimum Gasteiger partial charge on any atom is -0.481 e. The van der Waals surface area contributed by atoms with Crippen molar-refractivity contribution in [1.29, 1.82) is 0 Å². The van der Waals surface area contributed by atoms with Crippen LogP contribution in [0.5, 0.6) is 0 Å². The van der Waals surface area contributed by atoms with Crippen LogP contribution in [-0.2, 0) is 17.8 Å². The monoisotopic (exact) mass is 251 g/mol. The van der Waals surface area contributed by atoms with Gasteiger partial charge >= 0.3 is 5.97 Å². The molecule has 1 aromatic rings. The van der Waals surface area contributed by atoms with E-state index in [-0.39, 0.29) is 0 Å². The average Bonchev–Trinajstić information content (AvgIpc) is 2.76. The quantitative estimate of drug-likeness (QED) is 0.893. The Labute approximate surface area is 108 Å². The SMILES string of the molecule is CCc1ccc(CN2CCCC(C)(C(=O)O)C2)o1. The van der Waals surface area contributed by atoms with E-state index in [4.69, 9.17) is 4.42 Å². The Balaban J connectivity index is 1.99. The number of hydrogen-bond acceptors (Lipinski definition) is 3. The molecule has 4 nitrogen and oxygen atoms in total. The van der Waals surface area contributed by atoms with Crippen molar-refractivity contribution in [2.75, 3.05) is 13.1 Å². The molecule has 4 heteroatoms. The lowest BCUT2D eigenvalue weighted by molar-refractivity contribution is -0.151. The minimum atomic E-state index is -0.694. The largest absolute Gasteiger partial charge is 0.481 e. The number of carboxylic acids is 1. The summed E-state index contributed by atoms with van der Waals surface area (Å²) in [5.74, 6) is 1.23. The van der Waals surface area contributed by atoms with Gasteiger partial charge in [0.05, 0.1) is 12.0 Å². The van der Waals surface area contributed by atoms with Crippen molar-refractivity contribution in [3.05, 3.63) is 23.7 Å². The Morgan fingerprint density at radius 2 is 2.22 bits per heavy atom. The summed E-state index contributed by atoms with van der Waals surface area (Å²) in [7, 11) is 0. The second-order valence-electron chi connectivity index (χ2n) is 5.40. The molecule has 1 N–H and O–H groups in total.